The van der Waals surface area contributed by atoms with Gasteiger partial charge in [-0.15, -0.1) is 0 Å². The van der Waals surface area contributed by atoms with Gasteiger partial charge in [-0.25, -0.2) is 14.9 Å². The number of rotatable bonds is 3. The van der Waals surface area contributed by atoms with Gasteiger partial charge in [0.25, 0.3) is 0 Å². The molecule has 3 aromatic carbocycles. The summed E-state index contributed by atoms with van der Waals surface area (Å²) in [5.74, 6) is -0.264. The second-order valence-electron chi connectivity index (χ2n) is 10.9. The SMILES string of the molecule is CC12CCCCC1(C)C(=O)N(c1nc(-c3ccccc3)cc(-c3ccc4c(c3)oc3ccccc34)n1)C2=O. The summed E-state index contributed by atoms with van der Waals surface area (Å²) in [5, 5.41) is 2.08. The Bertz CT molecular complexity index is 1730. The molecule has 1 aliphatic carbocycles. The molecule has 38 heavy (non-hydrogen) atoms. The second kappa shape index (κ2) is 8.09. The predicted molar refractivity (Wildman–Crippen MR) is 147 cm³/mol. The molecule has 2 fully saturated rings. The molecule has 0 radical (unpaired) electrons. The molecule has 5 aromatic rings. The molecule has 0 bridgehead atoms. The summed E-state index contributed by atoms with van der Waals surface area (Å²) in [5.41, 5.74) is 3.07. The average molecular weight is 502 g/mol. The van der Waals surface area contributed by atoms with Crippen molar-refractivity contribution in [3.8, 4) is 22.5 Å². The van der Waals surface area contributed by atoms with Gasteiger partial charge >= 0.3 is 0 Å². The van der Waals surface area contributed by atoms with E-state index in [0.29, 0.717) is 24.2 Å². The van der Waals surface area contributed by atoms with Crippen LogP contribution in [0, 0.1) is 10.8 Å². The highest BCUT2D eigenvalue weighted by molar-refractivity contribution is 6.24. The molecule has 7 rings (SSSR count). The number of nitrogens with zero attached hydrogens (tertiary/aromatic N) is 3. The summed E-state index contributed by atoms with van der Waals surface area (Å²) in [4.78, 5) is 38.6. The lowest BCUT2D eigenvalue weighted by Gasteiger charge is -2.40. The minimum absolute atomic E-state index is 0.137. The van der Waals surface area contributed by atoms with E-state index in [1.54, 1.807) is 0 Å². The number of hydrogen-bond donors (Lipinski definition) is 0. The zero-order chi connectivity index (χ0) is 26.1. The molecular weight excluding hydrogens is 474 g/mol. The van der Waals surface area contributed by atoms with Gasteiger partial charge in [-0.2, -0.15) is 0 Å². The number of hydrogen-bond acceptors (Lipinski definition) is 5. The van der Waals surface area contributed by atoms with Crippen LogP contribution in [0.4, 0.5) is 5.95 Å². The van der Waals surface area contributed by atoms with Crippen molar-refractivity contribution >= 4 is 39.7 Å². The highest BCUT2D eigenvalue weighted by Crippen LogP contribution is 2.57. The van der Waals surface area contributed by atoms with Gasteiger partial charge in [0.2, 0.25) is 17.8 Å². The number of para-hydroxylation sites is 1. The smallest absolute Gasteiger partial charge is 0.243 e. The van der Waals surface area contributed by atoms with Crippen LogP contribution >= 0.6 is 0 Å². The first-order valence-corrected chi connectivity index (χ1v) is 13.1. The van der Waals surface area contributed by atoms with Crippen molar-refractivity contribution in [3.63, 3.8) is 0 Å². The topological polar surface area (TPSA) is 76.3 Å². The molecule has 0 spiro atoms. The largest absolute Gasteiger partial charge is 0.456 e. The fourth-order valence-electron chi connectivity index (χ4n) is 6.29. The predicted octanol–water partition coefficient (Wildman–Crippen LogP) is 7.17. The minimum atomic E-state index is -0.748. The van der Waals surface area contributed by atoms with E-state index in [1.807, 2.05) is 92.7 Å². The normalized spacial score (nSPS) is 23.4. The third-order valence-electron chi connectivity index (χ3n) is 8.83. The van der Waals surface area contributed by atoms with Gasteiger partial charge in [-0.1, -0.05) is 67.4 Å². The average Bonchev–Trinajstić information content (AvgIpc) is 3.39. The van der Waals surface area contributed by atoms with Crippen molar-refractivity contribution in [2.75, 3.05) is 4.90 Å². The first-order chi connectivity index (χ1) is 18.4. The molecule has 6 nitrogen and oxygen atoms in total. The first kappa shape index (κ1) is 22.8. The van der Waals surface area contributed by atoms with E-state index < -0.39 is 10.8 Å². The Balaban J connectivity index is 1.41. The fourth-order valence-corrected chi connectivity index (χ4v) is 6.29. The Morgan fingerprint density at radius 1 is 0.684 bits per heavy atom. The van der Waals surface area contributed by atoms with Crippen LogP contribution in [0.15, 0.2) is 83.3 Å². The van der Waals surface area contributed by atoms with Crippen LogP contribution in [0.25, 0.3) is 44.5 Å². The molecule has 2 aromatic heterocycles. The quantitative estimate of drug-likeness (QED) is 0.245. The molecule has 2 unspecified atom stereocenters. The molecule has 3 heterocycles. The van der Waals surface area contributed by atoms with Crippen LogP contribution in [0.2, 0.25) is 0 Å². The number of carbonyl (C=O) groups is 2. The second-order valence-corrected chi connectivity index (χ2v) is 10.9. The van der Waals surface area contributed by atoms with E-state index >= 15 is 0 Å². The van der Waals surface area contributed by atoms with E-state index in [1.165, 1.54) is 4.90 Å². The van der Waals surface area contributed by atoms with Crippen molar-refractivity contribution in [1.82, 2.24) is 9.97 Å². The number of anilines is 1. The molecule has 1 aliphatic heterocycles. The maximum atomic E-state index is 13.9. The standard InChI is InChI=1S/C32H27N3O3/c1-31-16-8-9-17-32(31,2)29(37)35(28(31)36)30-33-24(20-10-4-3-5-11-20)19-25(34-30)21-14-15-23-22-12-6-7-13-26(22)38-27(23)18-21/h3-7,10-15,18-19H,8-9,16-17H2,1-2H3. The number of imide groups is 1. The number of carbonyl (C=O) groups excluding carboxylic acids is 2. The maximum Gasteiger partial charge on any atom is 0.243 e. The Morgan fingerprint density at radius 2 is 1.29 bits per heavy atom. The van der Waals surface area contributed by atoms with Crippen LogP contribution in [0.1, 0.15) is 39.5 Å². The van der Waals surface area contributed by atoms with E-state index in [2.05, 4.69) is 0 Å². The first-order valence-electron chi connectivity index (χ1n) is 13.1. The van der Waals surface area contributed by atoms with Gasteiger partial charge in [0.1, 0.15) is 11.2 Å². The highest BCUT2D eigenvalue weighted by atomic mass is 16.3. The van der Waals surface area contributed by atoms with Crippen LogP contribution in [0.3, 0.4) is 0 Å². The molecule has 6 heteroatoms. The van der Waals surface area contributed by atoms with Gasteiger partial charge in [0, 0.05) is 21.9 Å². The van der Waals surface area contributed by atoms with Crippen molar-refractivity contribution in [1.29, 1.82) is 0 Å². The van der Waals surface area contributed by atoms with Crippen LogP contribution in [-0.4, -0.2) is 21.8 Å². The van der Waals surface area contributed by atoms with E-state index in [9.17, 15) is 9.59 Å². The molecule has 2 aliphatic rings. The Kier molecular flexibility index (Phi) is 4.86. The summed E-state index contributed by atoms with van der Waals surface area (Å²) in [7, 11) is 0. The number of fused-ring (bicyclic) bond motifs is 4. The maximum absolute atomic E-state index is 13.9. The lowest BCUT2D eigenvalue weighted by Crippen LogP contribution is -2.42. The van der Waals surface area contributed by atoms with Crippen molar-refractivity contribution in [2.24, 2.45) is 10.8 Å². The number of aromatic nitrogens is 2. The molecule has 1 saturated heterocycles. The van der Waals surface area contributed by atoms with Gasteiger partial charge in [0.15, 0.2) is 0 Å². The highest BCUT2D eigenvalue weighted by Gasteiger charge is 2.65. The summed E-state index contributed by atoms with van der Waals surface area (Å²) < 4.78 is 6.12. The third kappa shape index (κ3) is 3.13. The van der Waals surface area contributed by atoms with Gasteiger partial charge in [-0.3, -0.25) is 9.59 Å². The van der Waals surface area contributed by atoms with Gasteiger partial charge in [0.05, 0.1) is 22.2 Å². The van der Waals surface area contributed by atoms with E-state index in [0.717, 1.165) is 45.9 Å². The zero-order valence-corrected chi connectivity index (χ0v) is 21.4. The summed E-state index contributed by atoms with van der Waals surface area (Å²) in [6.45, 7) is 3.87. The lowest BCUT2D eigenvalue weighted by molar-refractivity contribution is -0.135. The molecule has 0 N–H and O–H groups in total. The van der Waals surface area contributed by atoms with E-state index in [4.69, 9.17) is 14.4 Å². The van der Waals surface area contributed by atoms with Crippen LogP contribution < -0.4 is 4.90 Å². The molecular formula is C32H27N3O3. The summed E-state index contributed by atoms with van der Waals surface area (Å²) >= 11 is 0. The Morgan fingerprint density at radius 3 is 2.00 bits per heavy atom. The number of furan rings is 1. The van der Waals surface area contributed by atoms with Crippen LogP contribution in [-0.2, 0) is 9.59 Å². The van der Waals surface area contributed by atoms with E-state index in [-0.39, 0.29) is 17.8 Å². The van der Waals surface area contributed by atoms with Crippen LogP contribution in [0.5, 0.6) is 0 Å². The monoisotopic (exact) mass is 501 g/mol. The molecule has 188 valence electrons. The Hall–Kier alpha value is -4.32. The summed E-state index contributed by atoms with van der Waals surface area (Å²) in [6.07, 6.45) is 3.26. The van der Waals surface area contributed by atoms with Gasteiger partial charge < -0.3 is 4.42 Å². The zero-order valence-electron chi connectivity index (χ0n) is 21.4. The van der Waals surface area contributed by atoms with Gasteiger partial charge in [-0.05, 0) is 51.0 Å². The molecule has 1 saturated carbocycles. The van der Waals surface area contributed by atoms with Crippen molar-refractivity contribution in [3.05, 3.63) is 78.9 Å². The minimum Gasteiger partial charge on any atom is -0.456 e. The lowest BCUT2D eigenvalue weighted by atomic mass is 9.59. The van der Waals surface area contributed by atoms with Crippen molar-refractivity contribution in [2.45, 2.75) is 39.5 Å². The number of benzene rings is 3. The van der Waals surface area contributed by atoms with Crippen molar-refractivity contribution < 1.29 is 14.0 Å². The molecule has 2 atom stereocenters. The molecule has 2 amide bonds. The Labute approximate surface area is 220 Å². The number of amides is 2. The fraction of sp³-hybridized carbons (Fsp3) is 0.250. The third-order valence-corrected chi connectivity index (χ3v) is 8.83. The summed E-state index contributed by atoms with van der Waals surface area (Å²) in [6, 6.07) is 25.6.